The summed E-state index contributed by atoms with van der Waals surface area (Å²) >= 11 is 0. The monoisotopic (exact) mass is 255 g/mol. The van der Waals surface area contributed by atoms with Crippen LogP contribution < -0.4 is 5.32 Å². The molecule has 106 valence electrons. The van der Waals surface area contributed by atoms with E-state index in [0.29, 0.717) is 12.6 Å². The summed E-state index contributed by atoms with van der Waals surface area (Å²) < 4.78 is 5.96. The van der Waals surface area contributed by atoms with Gasteiger partial charge in [-0.3, -0.25) is 0 Å². The first-order valence-corrected chi connectivity index (χ1v) is 7.54. The Morgan fingerprint density at radius 1 is 1.39 bits per heavy atom. The van der Waals surface area contributed by atoms with Crippen LogP contribution in [0.25, 0.3) is 0 Å². The van der Waals surface area contributed by atoms with E-state index in [1.807, 2.05) is 0 Å². The average Bonchev–Trinajstić information content (AvgIpc) is 2.33. The maximum absolute atomic E-state index is 8.92. The van der Waals surface area contributed by atoms with Crippen molar-refractivity contribution in [3.8, 4) is 0 Å². The van der Waals surface area contributed by atoms with Crippen molar-refractivity contribution >= 4 is 0 Å². The van der Waals surface area contributed by atoms with Gasteiger partial charge in [0.25, 0.3) is 0 Å². The van der Waals surface area contributed by atoms with Gasteiger partial charge in [0.15, 0.2) is 0 Å². The highest BCUT2D eigenvalue weighted by atomic mass is 16.5. The summed E-state index contributed by atoms with van der Waals surface area (Å²) in [6, 6.07) is 0.632. The fourth-order valence-electron chi connectivity index (χ4n) is 3.19. The zero-order chi connectivity index (χ0) is 13.1. The molecule has 1 heterocycles. The quantitative estimate of drug-likeness (QED) is 0.766. The van der Waals surface area contributed by atoms with E-state index in [4.69, 9.17) is 9.84 Å². The second-order valence-electron chi connectivity index (χ2n) is 6.95. The molecule has 1 aliphatic heterocycles. The van der Waals surface area contributed by atoms with Crippen molar-refractivity contribution in [2.24, 2.45) is 5.41 Å². The molecule has 2 fully saturated rings. The van der Waals surface area contributed by atoms with Crippen molar-refractivity contribution in [3.05, 3.63) is 0 Å². The lowest BCUT2D eigenvalue weighted by atomic mass is 9.73. The Hall–Kier alpha value is -0.120. The highest BCUT2D eigenvalue weighted by Gasteiger charge is 2.42. The lowest BCUT2D eigenvalue weighted by Gasteiger charge is -2.47. The molecule has 1 unspecified atom stereocenters. The number of aliphatic hydroxyl groups excluding tert-OH is 1. The van der Waals surface area contributed by atoms with Crippen LogP contribution in [-0.4, -0.2) is 36.5 Å². The van der Waals surface area contributed by atoms with E-state index in [1.165, 1.54) is 25.7 Å². The van der Waals surface area contributed by atoms with E-state index >= 15 is 0 Å². The maximum atomic E-state index is 8.92. The van der Waals surface area contributed by atoms with E-state index in [9.17, 15) is 0 Å². The minimum atomic E-state index is 0.241. The number of rotatable bonds is 6. The SMILES string of the molecule is CC(C)(CCCO)CNC1CCOC2(CCC2)C1. The minimum absolute atomic E-state index is 0.241. The zero-order valence-corrected chi connectivity index (χ0v) is 12.0. The highest BCUT2D eigenvalue weighted by molar-refractivity contribution is 4.96. The molecular weight excluding hydrogens is 226 g/mol. The van der Waals surface area contributed by atoms with E-state index in [0.717, 1.165) is 32.4 Å². The third-order valence-electron chi connectivity index (χ3n) is 4.64. The minimum Gasteiger partial charge on any atom is -0.396 e. The van der Waals surface area contributed by atoms with Gasteiger partial charge in [0.2, 0.25) is 0 Å². The molecule has 1 saturated heterocycles. The van der Waals surface area contributed by atoms with Crippen molar-refractivity contribution in [1.29, 1.82) is 0 Å². The van der Waals surface area contributed by atoms with Gasteiger partial charge in [0.1, 0.15) is 0 Å². The Kier molecular flexibility index (Phi) is 4.68. The number of ether oxygens (including phenoxy) is 1. The van der Waals surface area contributed by atoms with Crippen LogP contribution >= 0.6 is 0 Å². The summed E-state index contributed by atoms with van der Waals surface area (Å²) in [5.74, 6) is 0. The molecule has 0 radical (unpaired) electrons. The second-order valence-corrected chi connectivity index (χ2v) is 6.95. The second kappa shape index (κ2) is 5.89. The first-order valence-electron chi connectivity index (χ1n) is 7.54. The summed E-state index contributed by atoms with van der Waals surface area (Å²) in [5, 5.41) is 12.7. The van der Waals surface area contributed by atoms with Crippen molar-refractivity contribution in [3.63, 3.8) is 0 Å². The Bertz CT molecular complexity index is 261. The molecule has 1 spiro atoms. The van der Waals surface area contributed by atoms with E-state index < -0.39 is 0 Å². The Morgan fingerprint density at radius 2 is 2.17 bits per heavy atom. The van der Waals surface area contributed by atoms with Gasteiger partial charge in [-0.1, -0.05) is 13.8 Å². The van der Waals surface area contributed by atoms with Crippen molar-refractivity contribution in [2.75, 3.05) is 19.8 Å². The first-order chi connectivity index (χ1) is 8.55. The fraction of sp³-hybridized carbons (Fsp3) is 1.00. The highest BCUT2D eigenvalue weighted by Crippen LogP contribution is 2.42. The molecule has 0 aromatic rings. The molecule has 0 bridgehead atoms. The number of hydrogen-bond acceptors (Lipinski definition) is 3. The standard InChI is InChI=1S/C15H29NO2/c1-14(2,6-4-9-17)12-16-13-5-10-18-15(11-13)7-3-8-15/h13,16-17H,3-12H2,1-2H3. The number of nitrogens with one attached hydrogen (secondary N) is 1. The molecule has 1 aliphatic carbocycles. The molecule has 2 N–H and O–H groups in total. The third-order valence-corrected chi connectivity index (χ3v) is 4.64. The van der Waals surface area contributed by atoms with Gasteiger partial charge in [-0.15, -0.1) is 0 Å². The predicted octanol–water partition coefficient (Wildman–Crippen LogP) is 2.48. The van der Waals surface area contributed by atoms with E-state index in [-0.39, 0.29) is 11.0 Å². The summed E-state index contributed by atoms with van der Waals surface area (Å²) in [7, 11) is 0. The molecule has 1 saturated carbocycles. The molecule has 3 nitrogen and oxygen atoms in total. The lowest BCUT2D eigenvalue weighted by Crippen LogP contribution is -2.52. The molecule has 18 heavy (non-hydrogen) atoms. The van der Waals surface area contributed by atoms with Crippen LogP contribution in [-0.2, 0) is 4.74 Å². The van der Waals surface area contributed by atoms with Crippen LogP contribution in [0, 0.1) is 5.41 Å². The molecule has 2 aliphatic rings. The molecule has 0 aromatic heterocycles. The van der Waals surface area contributed by atoms with Gasteiger partial charge in [-0.05, 0) is 50.4 Å². The molecule has 0 amide bonds. The van der Waals surface area contributed by atoms with Crippen molar-refractivity contribution in [1.82, 2.24) is 5.32 Å². The maximum Gasteiger partial charge on any atom is 0.0697 e. The third kappa shape index (κ3) is 3.69. The van der Waals surface area contributed by atoms with Crippen LogP contribution in [0.4, 0.5) is 0 Å². The predicted molar refractivity (Wildman–Crippen MR) is 73.7 cm³/mol. The smallest absolute Gasteiger partial charge is 0.0697 e. The molecular formula is C15H29NO2. The Morgan fingerprint density at radius 3 is 2.78 bits per heavy atom. The summed E-state index contributed by atoms with van der Waals surface area (Å²) in [6.07, 6.45) is 8.21. The lowest BCUT2D eigenvalue weighted by molar-refractivity contribution is -0.136. The average molecular weight is 255 g/mol. The zero-order valence-electron chi connectivity index (χ0n) is 12.0. The van der Waals surface area contributed by atoms with Crippen molar-refractivity contribution in [2.45, 2.75) is 70.4 Å². The normalized spacial score (nSPS) is 27.2. The van der Waals surface area contributed by atoms with Crippen LogP contribution in [0.15, 0.2) is 0 Å². The number of aliphatic hydroxyl groups is 1. The van der Waals surface area contributed by atoms with Gasteiger partial charge >= 0.3 is 0 Å². The van der Waals surface area contributed by atoms with E-state index in [2.05, 4.69) is 19.2 Å². The summed E-state index contributed by atoms with van der Waals surface area (Å²) in [5.41, 5.74) is 0.527. The van der Waals surface area contributed by atoms with Gasteiger partial charge in [-0.2, -0.15) is 0 Å². The van der Waals surface area contributed by atoms with Gasteiger partial charge in [-0.25, -0.2) is 0 Å². The Balaban J connectivity index is 1.72. The van der Waals surface area contributed by atoms with Gasteiger partial charge < -0.3 is 15.2 Å². The summed E-state index contributed by atoms with van der Waals surface area (Å²) in [6.45, 7) is 6.86. The van der Waals surface area contributed by atoms with E-state index in [1.54, 1.807) is 0 Å². The number of hydrogen-bond donors (Lipinski definition) is 2. The molecule has 3 heteroatoms. The van der Waals surface area contributed by atoms with Gasteiger partial charge in [0.05, 0.1) is 5.60 Å². The van der Waals surface area contributed by atoms with Crippen LogP contribution in [0.2, 0.25) is 0 Å². The molecule has 1 atom stereocenters. The van der Waals surface area contributed by atoms with Crippen LogP contribution in [0.5, 0.6) is 0 Å². The summed E-state index contributed by atoms with van der Waals surface area (Å²) in [4.78, 5) is 0. The van der Waals surface area contributed by atoms with Gasteiger partial charge in [0, 0.05) is 25.8 Å². The molecule has 2 rings (SSSR count). The largest absolute Gasteiger partial charge is 0.396 e. The van der Waals surface area contributed by atoms with Crippen molar-refractivity contribution < 1.29 is 9.84 Å². The fourth-order valence-corrected chi connectivity index (χ4v) is 3.19. The topological polar surface area (TPSA) is 41.5 Å². The molecule has 0 aromatic carbocycles. The Labute approximate surface area is 111 Å². The van der Waals surface area contributed by atoms with Crippen LogP contribution in [0.1, 0.15) is 58.8 Å². The first kappa shape index (κ1) is 14.3. The van der Waals surface area contributed by atoms with Crippen LogP contribution in [0.3, 0.4) is 0 Å².